The van der Waals surface area contributed by atoms with Gasteiger partial charge in [0.15, 0.2) is 0 Å². The van der Waals surface area contributed by atoms with Crippen LogP contribution in [0.3, 0.4) is 0 Å². The normalized spacial score (nSPS) is 12.2. The van der Waals surface area contributed by atoms with Gasteiger partial charge in [0.25, 0.3) is 0 Å². The minimum Gasteiger partial charge on any atom is -0.305 e. The highest BCUT2D eigenvalue weighted by atomic mass is 14.4. The zero-order valence-corrected chi connectivity index (χ0v) is 12.2. The standard InChI is InChI=1S/C20H19N/c1-15(16-7-3-2-4-8-16)13-20(21)19-12-11-17-9-5-6-10-18(17)14-19/h2-12,14-15,21H,13H2,1H3. The molecule has 21 heavy (non-hydrogen) atoms. The van der Waals surface area contributed by atoms with Crippen molar-refractivity contribution in [3.63, 3.8) is 0 Å². The molecule has 0 aliphatic heterocycles. The van der Waals surface area contributed by atoms with E-state index in [1.165, 1.54) is 16.3 Å². The summed E-state index contributed by atoms with van der Waals surface area (Å²) in [6.07, 6.45) is 0.766. The highest BCUT2D eigenvalue weighted by molar-refractivity contribution is 6.01. The van der Waals surface area contributed by atoms with Crippen LogP contribution in [0.5, 0.6) is 0 Å². The molecule has 1 heteroatoms. The molecule has 0 amide bonds. The van der Waals surface area contributed by atoms with Crippen LogP contribution in [0.4, 0.5) is 0 Å². The van der Waals surface area contributed by atoms with Crippen LogP contribution in [0.1, 0.15) is 30.4 Å². The summed E-state index contributed by atoms with van der Waals surface area (Å²) in [7, 11) is 0. The highest BCUT2D eigenvalue weighted by Gasteiger charge is 2.10. The fraction of sp³-hybridized carbons (Fsp3) is 0.150. The molecule has 0 saturated heterocycles. The highest BCUT2D eigenvalue weighted by Crippen LogP contribution is 2.22. The first-order valence-corrected chi connectivity index (χ1v) is 7.35. The van der Waals surface area contributed by atoms with Crippen molar-refractivity contribution in [2.75, 3.05) is 0 Å². The van der Waals surface area contributed by atoms with Gasteiger partial charge in [-0.25, -0.2) is 0 Å². The molecule has 0 aliphatic carbocycles. The van der Waals surface area contributed by atoms with E-state index in [1.807, 2.05) is 18.2 Å². The van der Waals surface area contributed by atoms with Crippen LogP contribution in [0.25, 0.3) is 10.8 Å². The summed E-state index contributed by atoms with van der Waals surface area (Å²) < 4.78 is 0. The molecular weight excluding hydrogens is 254 g/mol. The summed E-state index contributed by atoms with van der Waals surface area (Å²) in [4.78, 5) is 0. The van der Waals surface area contributed by atoms with Gasteiger partial charge in [0.1, 0.15) is 0 Å². The van der Waals surface area contributed by atoms with Crippen molar-refractivity contribution in [3.8, 4) is 0 Å². The summed E-state index contributed by atoms with van der Waals surface area (Å²) in [5.74, 6) is 0.366. The van der Waals surface area contributed by atoms with Gasteiger partial charge in [0, 0.05) is 5.71 Å². The lowest BCUT2D eigenvalue weighted by Crippen LogP contribution is -2.05. The molecule has 1 nitrogen and oxygen atoms in total. The van der Waals surface area contributed by atoms with Crippen LogP contribution in [0, 0.1) is 5.41 Å². The van der Waals surface area contributed by atoms with Gasteiger partial charge in [-0.1, -0.05) is 73.7 Å². The van der Waals surface area contributed by atoms with Crippen LogP contribution < -0.4 is 0 Å². The fourth-order valence-electron chi connectivity index (χ4n) is 2.70. The van der Waals surface area contributed by atoms with E-state index in [1.54, 1.807) is 0 Å². The second-order valence-corrected chi connectivity index (χ2v) is 5.56. The van der Waals surface area contributed by atoms with Crippen LogP contribution in [-0.4, -0.2) is 5.71 Å². The maximum absolute atomic E-state index is 8.38. The lowest BCUT2D eigenvalue weighted by molar-refractivity contribution is 0.802. The Balaban J connectivity index is 1.80. The molecule has 3 aromatic rings. The quantitative estimate of drug-likeness (QED) is 0.615. The van der Waals surface area contributed by atoms with Crippen molar-refractivity contribution in [2.45, 2.75) is 19.3 Å². The molecule has 0 aliphatic rings. The summed E-state index contributed by atoms with van der Waals surface area (Å²) in [5.41, 5.74) is 3.02. The maximum Gasteiger partial charge on any atom is 0.0392 e. The zero-order chi connectivity index (χ0) is 14.7. The molecule has 0 aromatic heterocycles. The predicted molar refractivity (Wildman–Crippen MR) is 90.3 cm³/mol. The first kappa shape index (κ1) is 13.6. The van der Waals surface area contributed by atoms with Crippen LogP contribution in [0.15, 0.2) is 72.8 Å². The van der Waals surface area contributed by atoms with Crippen LogP contribution in [-0.2, 0) is 0 Å². The third kappa shape index (κ3) is 3.03. The smallest absolute Gasteiger partial charge is 0.0392 e. The third-order valence-electron chi connectivity index (χ3n) is 3.98. The van der Waals surface area contributed by atoms with E-state index in [4.69, 9.17) is 5.41 Å². The second kappa shape index (κ2) is 5.92. The minimum absolute atomic E-state index is 0.366. The Morgan fingerprint density at radius 1 is 0.857 bits per heavy atom. The molecule has 1 atom stereocenters. The van der Waals surface area contributed by atoms with Gasteiger partial charge in [-0.3, -0.25) is 0 Å². The topological polar surface area (TPSA) is 23.9 Å². The molecule has 104 valence electrons. The van der Waals surface area contributed by atoms with Crippen molar-refractivity contribution in [3.05, 3.63) is 83.9 Å². The molecular formula is C20H19N. The Morgan fingerprint density at radius 3 is 2.29 bits per heavy atom. The largest absolute Gasteiger partial charge is 0.305 e. The van der Waals surface area contributed by atoms with Gasteiger partial charge in [-0.2, -0.15) is 0 Å². The summed E-state index contributed by atoms with van der Waals surface area (Å²) in [6, 6.07) is 25.0. The van der Waals surface area contributed by atoms with E-state index in [9.17, 15) is 0 Å². The van der Waals surface area contributed by atoms with Crippen molar-refractivity contribution < 1.29 is 0 Å². The maximum atomic E-state index is 8.38. The summed E-state index contributed by atoms with van der Waals surface area (Å²) in [6.45, 7) is 2.19. The van der Waals surface area contributed by atoms with E-state index in [2.05, 4.69) is 61.5 Å². The van der Waals surface area contributed by atoms with Gasteiger partial charge < -0.3 is 5.41 Å². The Morgan fingerprint density at radius 2 is 1.52 bits per heavy atom. The molecule has 0 heterocycles. The Labute approximate surface area is 125 Å². The molecule has 0 bridgehead atoms. The van der Waals surface area contributed by atoms with Gasteiger partial charge in [-0.15, -0.1) is 0 Å². The number of benzene rings is 3. The SMILES string of the molecule is CC(CC(=N)c1ccc2ccccc2c1)c1ccccc1. The third-order valence-corrected chi connectivity index (χ3v) is 3.98. The van der Waals surface area contributed by atoms with E-state index in [0.717, 1.165) is 12.0 Å². The lowest BCUT2D eigenvalue weighted by Gasteiger charge is -2.13. The lowest BCUT2D eigenvalue weighted by atomic mass is 9.92. The molecule has 1 N–H and O–H groups in total. The van der Waals surface area contributed by atoms with Gasteiger partial charge in [0.2, 0.25) is 0 Å². The zero-order valence-electron chi connectivity index (χ0n) is 12.2. The summed E-state index contributed by atoms with van der Waals surface area (Å²) in [5, 5.41) is 10.8. The molecule has 0 fully saturated rings. The number of hydrogen-bond donors (Lipinski definition) is 1. The molecule has 3 aromatic carbocycles. The second-order valence-electron chi connectivity index (χ2n) is 5.56. The van der Waals surface area contributed by atoms with E-state index in [0.29, 0.717) is 11.6 Å². The van der Waals surface area contributed by atoms with Crippen molar-refractivity contribution in [1.29, 1.82) is 5.41 Å². The average molecular weight is 273 g/mol. The minimum atomic E-state index is 0.366. The average Bonchev–Trinajstić information content (AvgIpc) is 2.55. The molecule has 0 saturated carbocycles. The van der Waals surface area contributed by atoms with E-state index >= 15 is 0 Å². The summed E-state index contributed by atoms with van der Waals surface area (Å²) >= 11 is 0. The molecule has 0 spiro atoms. The predicted octanol–water partition coefficient (Wildman–Crippen LogP) is 5.40. The van der Waals surface area contributed by atoms with Crippen molar-refractivity contribution in [2.24, 2.45) is 0 Å². The molecule has 1 unspecified atom stereocenters. The first-order valence-electron chi connectivity index (χ1n) is 7.35. The van der Waals surface area contributed by atoms with E-state index in [-0.39, 0.29) is 0 Å². The van der Waals surface area contributed by atoms with Gasteiger partial charge in [0.05, 0.1) is 0 Å². The monoisotopic (exact) mass is 273 g/mol. The number of hydrogen-bond acceptors (Lipinski definition) is 1. The Bertz CT molecular complexity index is 759. The van der Waals surface area contributed by atoms with Crippen LogP contribution >= 0.6 is 0 Å². The fourth-order valence-corrected chi connectivity index (χ4v) is 2.70. The number of nitrogens with one attached hydrogen (secondary N) is 1. The van der Waals surface area contributed by atoms with Gasteiger partial charge >= 0.3 is 0 Å². The Kier molecular flexibility index (Phi) is 3.83. The van der Waals surface area contributed by atoms with Crippen molar-refractivity contribution in [1.82, 2.24) is 0 Å². The van der Waals surface area contributed by atoms with Gasteiger partial charge in [-0.05, 0) is 40.3 Å². The first-order chi connectivity index (χ1) is 10.2. The molecule has 3 rings (SSSR count). The van der Waals surface area contributed by atoms with Crippen molar-refractivity contribution >= 4 is 16.5 Å². The molecule has 0 radical (unpaired) electrons. The number of fused-ring (bicyclic) bond motifs is 1. The Hall–Kier alpha value is -2.41. The van der Waals surface area contributed by atoms with E-state index < -0.39 is 0 Å². The van der Waals surface area contributed by atoms with Crippen LogP contribution in [0.2, 0.25) is 0 Å². The number of rotatable bonds is 4.